The number of nitrogens with zero attached hydrogens (tertiary/aromatic N) is 1. The first-order valence-electron chi connectivity index (χ1n) is 6.22. The van der Waals surface area contributed by atoms with E-state index in [4.69, 9.17) is 16.3 Å². The fourth-order valence-corrected chi connectivity index (χ4v) is 2.26. The van der Waals surface area contributed by atoms with Gasteiger partial charge in [0.15, 0.2) is 0 Å². The molecule has 0 saturated carbocycles. The maximum Gasteiger partial charge on any atom is 0.137 e. The molecule has 1 N–H and O–H groups in total. The number of methoxy groups -OCH3 is 1. The topological polar surface area (TPSA) is 37.9 Å². The molecule has 1 heterocycles. The largest absolute Gasteiger partial charge is 0.496 e. The molecule has 0 fully saturated rings. The second-order valence-corrected chi connectivity index (χ2v) is 4.79. The zero-order valence-electron chi connectivity index (χ0n) is 10.9. The summed E-state index contributed by atoms with van der Waals surface area (Å²) >= 11 is 6.06. The van der Waals surface area contributed by atoms with Gasteiger partial charge >= 0.3 is 0 Å². The van der Waals surface area contributed by atoms with Crippen LogP contribution in [0.25, 0.3) is 22.6 Å². The van der Waals surface area contributed by atoms with Gasteiger partial charge in [-0.25, -0.2) is 4.98 Å². The van der Waals surface area contributed by atoms with Gasteiger partial charge in [-0.3, -0.25) is 0 Å². The van der Waals surface area contributed by atoms with Crippen LogP contribution in [0.1, 0.15) is 0 Å². The third-order valence-electron chi connectivity index (χ3n) is 3.07. The molecule has 0 aliphatic rings. The minimum Gasteiger partial charge on any atom is -0.496 e. The lowest BCUT2D eigenvalue weighted by Crippen LogP contribution is -1.88. The van der Waals surface area contributed by atoms with E-state index in [0.29, 0.717) is 5.02 Å². The van der Waals surface area contributed by atoms with Crippen LogP contribution in [-0.4, -0.2) is 17.1 Å². The molecule has 3 rings (SSSR count). The van der Waals surface area contributed by atoms with Crippen LogP contribution in [0.2, 0.25) is 5.02 Å². The average molecular weight is 285 g/mol. The highest BCUT2D eigenvalue weighted by molar-refractivity contribution is 6.30. The fraction of sp³-hybridized carbons (Fsp3) is 0.0625. The molecule has 0 atom stereocenters. The molecule has 3 aromatic rings. The highest BCUT2D eigenvalue weighted by Gasteiger charge is 2.10. The summed E-state index contributed by atoms with van der Waals surface area (Å²) < 4.78 is 5.36. The molecule has 20 heavy (non-hydrogen) atoms. The van der Waals surface area contributed by atoms with Gasteiger partial charge < -0.3 is 9.72 Å². The number of nitrogens with one attached hydrogen (secondary N) is 1. The van der Waals surface area contributed by atoms with E-state index in [1.807, 2.05) is 42.5 Å². The van der Waals surface area contributed by atoms with Crippen molar-refractivity contribution in [3.8, 4) is 28.4 Å². The average Bonchev–Trinajstić information content (AvgIpc) is 2.98. The van der Waals surface area contributed by atoms with Crippen LogP contribution in [0.3, 0.4) is 0 Å². The van der Waals surface area contributed by atoms with Gasteiger partial charge in [-0.05, 0) is 18.2 Å². The Morgan fingerprint density at radius 2 is 1.90 bits per heavy atom. The molecule has 0 radical (unpaired) electrons. The van der Waals surface area contributed by atoms with Gasteiger partial charge in [0.1, 0.15) is 11.6 Å². The molecule has 0 bridgehead atoms. The van der Waals surface area contributed by atoms with Crippen molar-refractivity contribution in [2.45, 2.75) is 0 Å². The molecule has 0 saturated heterocycles. The smallest absolute Gasteiger partial charge is 0.137 e. The monoisotopic (exact) mass is 284 g/mol. The van der Waals surface area contributed by atoms with Crippen molar-refractivity contribution in [3.63, 3.8) is 0 Å². The molecular formula is C16H13ClN2O. The van der Waals surface area contributed by atoms with Crippen LogP contribution in [-0.2, 0) is 0 Å². The van der Waals surface area contributed by atoms with Crippen LogP contribution in [0, 0.1) is 0 Å². The van der Waals surface area contributed by atoms with E-state index in [0.717, 1.165) is 28.4 Å². The summed E-state index contributed by atoms with van der Waals surface area (Å²) in [5, 5.41) is 0.664. The van der Waals surface area contributed by atoms with Crippen LogP contribution in [0.4, 0.5) is 0 Å². The maximum atomic E-state index is 6.06. The standard InChI is InChI=1S/C16H13ClN2O/c1-20-15-8-7-12(17)9-13(15)14-10-18-16(19-14)11-5-3-2-4-6-11/h2-10H,1H3,(H,18,19). The normalized spacial score (nSPS) is 10.5. The molecular weight excluding hydrogens is 272 g/mol. The lowest BCUT2D eigenvalue weighted by molar-refractivity contribution is 0.416. The number of rotatable bonds is 3. The van der Waals surface area contributed by atoms with Crippen LogP contribution in [0.5, 0.6) is 5.75 Å². The number of benzene rings is 2. The third-order valence-corrected chi connectivity index (χ3v) is 3.31. The number of H-pyrrole nitrogens is 1. The summed E-state index contributed by atoms with van der Waals surface area (Å²) in [5.74, 6) is 1.58. The minimum atomic E-state index is 0.664. The highest BCUT2D eigenvalue weighted by Crippen LogP contribution is 2.32. The quantitative estimate of drug-likeness (QED) is 0.774. The fourth-order valence-electron chi connectivity index (χ4n) is 2.09. The van der Waals surface area contributed by atoms with E-state index >= 15 is 0 Å². The molecule has 2 aromatic carbocycles. The zero-order chi connectivity index (χ0) is 13.9. The summed E-state index contributed by atoms with van der Waals surface area (Å²) in [5.41, 5.74) is 2.82. The van der Waals surface area contributed by atoms with Gasteiger partial charge in [-0.15, -0.1) is 0 Å². The Morgan fingerprint density at radius 1 is 1.10 bits per heavy atom. The van der Waals surface area contributed by atoms with E-state index in [-0.39, 0.29) is 0 Å². The third kappa shape index (κ3) is 2.40. The molecule has 0 amide bonds. The Hall–Kier alpha value is -2.26. The molecule has 3 nitrogen and oxygen atoms in total. The number of halogens is 1. The van der Waals surface area contributed by atoms with Crippen molar-refractivity contribution in [1.29, 1.82) is 0 Å². The van der Waals surface area contributed by atoms with E-state index in [9.17, 15) is 0 Å². The van der Waals surface area contributed by atoms with Gasteiger partial charge in [0.25, 0.3) is 0 Å². The van der Waals surface area contributed by atoms with Crippen LogP contribution >= 0.6 is 11.6 Å². The molecule has 0 unspecified atom stereocenters. The number of hydrogen-bond donors (Lipinski definition) is 1. The minimum absolute atomic E-state index is 0.664. The van der Waals surface area contributed by atoms with E-state index < -0.39 is 0 Å². The van der Waals surface area contributed by atoms with E-state index in [2.05, 4.69) is 9.97 Å². The first-order chi connectivity index (χ1) is 9.78. The second kappa shape index (κ2) is 5.39. The zero-order valence-corrected chi connectivity index (χ0v) is 11.7. The first kappa shape index (κ1) is 12.8. The van der Waals surface area contributed by atoms with Crippen molar-refractivity contribution in [2.75, 3.05) is 7.11 Å². The number of ether oxygens (including phenoxy) is 1. The first-order valence-corrected chi connectivity index (χ1v) is 6.60. The van der Waals surface area contributed by atoms with Crippen molar-refractivity contribution in [1.82, 2.24) is 9.97 Å². The summed E-state index contributed by atoms with van der Waals surface area (Å²) in [6.07, 6.45) is 1.79. The van der Waals surface area contributed by atoms with Gasteiger partial charge in [0.2, 0.25) is 0 Å². The maximum absolute atomic E-state index is 6.06. The lowest BCUT2D eigenvalue weighted by Gasteiger charge is -2.06. The lowest BCUT2D eigenvalue weighted by atomic mass is 10.1. The van der Waals surface area contributed by atoms with Crippen molar-refractivity contribution >= 4 is 11.6 Å². The number of aromatic nitrogens is 2. The van der Waals surface area contributed by atoms with Crippen LogP contribution in [0.15, 0.2) is 54.7 Å². The molecule has 100 valence electrons. The number of hydrogen-bond acceptors (Lipinski definition) is 2. The predicted octanol–water partition coefficient (Wildman–Crippen LogP) is 4.41. The summed E-state index contributed by atoms with van der Waals surface area (Å²) in [4.78, 5) is 7.71. The Bertz CT molecular complexity index is 722. The van der Waals surface area contributed by atoms with Gasteiger partial charge in [0, 0.05) is 16.1 Å². The van der Waals surface area contributed by atoms with Crippen molar-refractivity contribution in [2.24, 2.45) is 0 Å². The number of aromatic amines is 1. The number of imidazole rings is 1. The molecule has 1 aromatic heterocycles. The van der Waals surface area contributed by atoms with Crippen molar-refractivity contribution < 1.29 is 4.74 Å². The summed E-state index contributed by atoms with van der Waals surface area (Å²) in [6, 6.07) is 15.5. The van der Waals surface area contributed by atoms with Gasteiger partial charge in [0.05, 0.1) is 19.0 Å². The SMILES string of the molecule is COc1ccc(Cl)cc1-c1cnc(-c2ccccc2)[nH]1. The van der Waals surface area contributed by atoms with Gasteiger partial charge in [-0.1, -0.05) is 41.9 Å². The Morgan fingerprint density at radius 3 is 2.65 bits per heavy atom. The highest BCUT2D eigenvalue weighted by atomic mass is 35.5. The molecule has 0 aliphatic heterocycles. The summed E-state index contributed by atoms with van der Waals surface area (Å²) in [6.45, 7) is 0. The van der Waals surface area contributed by atoms with Crippen molar-refractivity contribution in [3.05, 3.63) is 59.8 Å². The summed E-state index contributed by atoms with van der Waals surface area (Å²) in [7, 11) is 1.64. The Labute approximate surface area is 122 Å². The molecule has 0 aliphatic carbocycles. The van der Waals surface area contributed by atoms with E-state index in [1.165, 1.54) is 0 Å². The van der Waals surface area contributed by atoms with Crippen LogP contribution < -0.4 is 4.74 Å². The van der Waals surface area contributed by atoms with Gasteiger partial charge in [-0.2, -0.15) is 0 Å². The Balaban J connectivity index is 2.04. The molecule has 0 spiro atoms. The molecule has 4 heteroatoms. The van der Waals surface area contributed by atoms with E-state index in [1.54, 1.807) is 19.4 Å². The second-order valence-electron chi connectivity index (χ2n) is 4.36. The Kier molecular flexibility index (Phi) is 3.44. The predicted molar refractivity (Wildman–Crippen MR) is 81.0 cm³/mol.